The molecule has 0 bridgehead atoms. The maximum absolute atomic E-state index is 10.6. The molecule has 0 N–H and O–H groups in total. The molecule has 63 valence electrons. The minimum absolute atomic E-state index is 0.226. The van der Waals surface area contributed by atoms with Crippen molar-refractivity contribution in [2.75, 3.05) is 0 Å². The molecule has 1 heterocycles. The molecule has 0 spiro atoms. The molecule has 1 aromatic carbocycles. The van der Waals surface area contributed by atoms with Crippen LogP contribution in [-0.4, -0.2) is 0 Å². The highest BCUT2D eigenvalue weighted by Crippen LogP contribution is 2.24. The van der Waals surface area contributed by atoms with Crippen LogP contribution in [0.15, 0.2) is 28.7 Å². The van der Waals surface area contributed by atoms with Gasteiger partial charge in [-0.1, -0.05) is 12.1 Å². The van der Waals surface area contributed by atoms with Crippen molar-refractivity contribution < 1.29 is 9.52 Å². The van der Waals surface area contributed by atoms with Crippen molar-refractivity contribution in [1.82, 2.24) is 0 Å². The normalized spacial score (nSPS) is 10.2. The lowest BCUT2D eigenvalue weighted by molar-refractivity contribution is 0.157. The molecule has 0 aliphatic heterocycles. The quantitative estimate of drug-likeness (QED) is 0.662. The predicted octanol–water partition coefficient (Wildman–Crippen LogP) is 2.23. The van der Waals surface area contributed by atoms with E-state index in [-0.39, 0.29) is 5.76 Å². The van der Waals surface area contributed by atoms with Crippen molar-refractivity contribution in [2.45, 2.75) is 6.61 Å². The van der Waals surface area contributed by atoms with Gasteiger partial charge in [-0.05, 0) is 12.1 Å². The van der Waals surface area contributed by atoms with Gasteiger partial charge in [-0.2, -0.15) is 5.26 Å². The summed E-state index contributed by atoms with van der Waals surface area (Å²) in [5.74, 6) is 0.226. The Hall–Kier alpha value is -1.79. The first-order chi connectivity index (χ1) is 6.36. The molecule has 0 aliphatic carbocycles. The Morgan fingerprint density at radius 1 is 1.38 bits per heavy atom. The lowest BCUT2D eigenvalue weighted by Gasteiger charge is -1.84. The summed E-state index contributed by atoms with van der Waals surface area (Å²) >= 11 is 0. The Labute approximate surface area is 74.8 Å². The van der Waals surface area contributed by atoms with E-state index in [4.69, 9.17) is 9.68 Å². The van der Waals surface area contributed by atoms with Crippen molar-refractivity contribution in [3.05, 3.63) is 35.6 Å². The summed E-state index contributed by atoms with van der Waals surface area (Å²) in [6.45, 7) is -0.489. The standard InChI is InChI=1S/C10H6NO2/c11-5-8-7-3-1-2-4-9(7)13-10(8)6-12/h1-4H,6H2. The van der Waals surface area contributed by atoms with Crippen LogP contribution in [0.4, 0.5) is 0 Å². The molecule has 13 heavy (non-hydrogen) atoms. The van der Waals surface area contributed by atoms with E-state index >= 15 is 0 Å². The van der Waals surface area contributed by atoms with E-state index < -0.39 is 6.61 Å². The highest BCUT2D eigenvalue weighted by molar-refractivity contribution is 5.84. The third-order valence-corrected chi connectivity index (χ3v) is 1.91. The lowest BCUT2D eigenvalue weighted by atomic mass is 10.1. The van der Waals surface area contributed by atoms with Crippen LogP contribution in [0.25, 0.3) is 11.0 Å². The van der Waals surface area contributed by atoms with Crippen LogP contribution in [-0.2, 0) is 11.7 Å². The van der Waals surface area contributed by atoms with Gasteiger partial charge in [0.05, 0.1) is 0 Å². The van der Waals surface area contributed by atoms with E-state index in [0.717, 1.165) is 5.39 Å². The minimum atomic E-state index is -0.489. The monoisotopic (exact) mass is 172 g/mol. The van der Waals surface area contributed by atoms with Gasteiger partial charge in [0.15, 0.2) is 5.76 Å². The van der Waals surface area contributed by atoms with Crippen LogP contribution in [0.5, 0.6) is 0 Å². The second-order valence-corrected chi connectivity index (χ2v) is 2.65. The molecule has 0 fully saturated rings. The van der Waals surface area contributed by atoms with Crippen molar-refractivity contribution in [3.63, 3.8) is 0 Å². The van der Waals surface area contributed by atoms with Gasteiger partial charge in [-0.3, -0.25) is 0 Å². The van der Waals surface area contributed by atoms with Gasteiger partial charge in [0.2, 0.25) is 0 Å². The molecule has 2 rings (SSSR count). The fourth-order valence-electron chi connectivity index (χ4n) is 1.32. The summed E-state index contributed by atoms with van der Waals surface area (Å²) in [4.78, 5) is 0. The summed E-state index contributed by atoms with van der Waals surface area (Å²) in [7, 11) is 0. The first-order valence-corrected chi connectivity index (χ1v) is 3.85. The number of furan rings is 1. The minimum Gasteiger partial charge on any atom is -0.457 e. The zero-order valence-corrected chi connectivity index (χ0v) is 6.78. The Balaban J connectivity index is 2.83. The van der Waals surface area contributed by atoms with E-state index in [2.05, 4.69) is 0 Å². The summed E-state index contributed by atoms with van der Waals surface area (Å²) in [6, 6.07) is 9.12. The summed E-state index contributed by atoms with van der Waals surface area (Å²) in [5.41, 5.74) is 0.968. The van der Waals surface area contributed by atoms with Crippen LogP contribution >= 0.6 is 0 Å². The predicted molar refractivity (Wildman–Crippen MR) is 45.3 cm³/mol. The molecule has 3 heteroatoms. The largest absolute Gasteiger partial charge is 0.457 e. The molecule has 1 aromatic heterocycles. The highest BCUT2D eigenvalue weighted by Gasteiger charge is 2.12. The fourth-order valence-corrected chi connectivity index (χ4v) is 1.32. The highest BCUT2D eigenvalue weighted by atomic mass is 16.4. The van der Waals surface area contributed by atoms with Crippen LogP contribution < -0.4 is 0 Å². The first kappa shape index (κ1) is 7.84. The van der Waals surface area contributed by atoms with E-state index in [0.29, 0.717) is 11.1 Å². The molecule has 2 aromatic rings. The van der Waals surface area contributed by atoms with E-state index in [1.807, 2.05) is 18.2 Å². The summed E-state index contributed by atoms with van der Waals surface area (Å²) in [6.07, 6.45) is 0. The number of para-hydroxylation sites is 1. The van der Waals surface area contributed by atoms with E-state index in [1.54, 1.807) is 12.1 Å². The zero-order valence-electron chi connectivity index (χ0n) is 6.78. The molecule has 0 unspecified atom stereocenters. The Kier molecular flexibility index (Phi) is 1.76. The number of rotatable bonds is 1. The number of hydrogen-bond donors (Lipinski definition) is 0. The molecule has 0 amide bonds. The van der Waals surface area contributed by atoms with Crippen molar-refractivity contribution >= 4 is 11.0 Å². The van der Waals surface area contributed by atoms with Gasteiger partial charge >= 0.3 is 0 Å². The number of fused-ring (bicyclic) bond motifs is 1. The Morgan fingerprint density at radius 2 is 2.15 bits per heavy atom. The van der Waals surface area contributed by atoms with Gasteiger partial charge in [0.1, 0.15) is 23.8 Å². The molecule has 0 aliphatic rings. The number of hydrogen-bond acceptors (Lipinski definition) is 2. The maximum Gasteiger partial charge on any atom is 0.152 e. The van der Waals surface area contributed by atoms with Crippen molar-refractivity contribution in [1.29, 1.82) is 5.26 Å². The molecule has 0 saturated heterocycles. The molecule has 1 radical (unpaired) electrons. The van der Waals surface area contributed by atoms with Gasteiger partial charge in [-0.15, -0.1) is 0 Å². The Morgan fingerprint density at radius 3 is 2.85 bits per heavy atom. The molecular formula is C10H6NO2. The Bertz CT molecular complexity index is 479. The summed E-state index contributed by atoms with van der Waals surface area (Å²) < 4.78 is 5.20. The van der Waals surface area contributed by atoms with Crippen LogP contribution in [0.1, 0.15) is 11.3 Å². The zero-order chi connectivity index (χ0) is 9.26. The van der Waals surface area contributed by atoms with Crippen molar-refractivity contribution in [2.24, 2.45) is 0 Å². The molecule has 0 atom stereocenters. The topological polar surface area (TPSA) is 56.8 Å². The van der Waals surface area contributed by atoms with Crippen LogP contribution in [0.2, 0.25) is 0 Å². The molecular weight excluding hydrogens is 166 g/mol. The van der Waals surface area contributed by atoms with E-state index in [9.17, 15) is 5.11 Å². The van der Waals surface area contributed by atoms with E-state index in [1.165, 1.54) is 0 Å². The average Bonchev–Trinajstić information content (AvgIpc) is 2.55. The number of nitrogens with zero attached hydrogens (tertiary/aromatic N) is 1. The first-order valence-electron chi connectivity index (χ1n) is 3.85. The van der Waals surface area contributed by atoms with Crippen molar-refractivity contribution in [3.8, 4) is 6.07 Å². The van der Waals surface area contributed by atoms with Gasteiger partial charge in [-0.25, -0.2) is 5.11 Å². The SMILES string of the molecule is N#Cc1c(C[O])oc2ccccc12. The van der Waals surface area contributed by atoms with Crippen LogP contribution in [0, 0.1) is 11.3 Å². The molecule has 0 saturated carbocycles. The molecule has 3 nitrogen and oxygen atoms in total. The van der Waals surface area contributed by atoms with Gasteiger partial charge < -0.3 is 4.42 Å². The van der Waals surface area contributed by atoms with Gasteiger partial charge in [0.25, 0.3) is 0 Å². The third kappa shape index (κ3) is 1.08. The lowest BCUT2D eigenvalue weighted by Crippen LogP contribution is -1.80. The smallest absolute Gasteiger partial charge is 0.152 e. The average molecular weight is 172 g/mol. The number of nitriles is 1. The fraction of sp³-hybridized carbons (Fsp3) is 0.100. The second kappa shape index (κ2) is 2.92. The maximum atomic E-state index is 10.6. The third-order valence-electron chi connectivity index (χ3n) is 1.91. The second-order valence-electron chi connectivity index (χ2n) is 2.65. The van der Waals surface area contributed by atoms with Gasteiger partial charge in [0, 0.05) is 5.39 Å². The number of benzene rings is 1. The summed E-state index contributed by atoms with van der Waals surface area (Å²) in [5, 5.41) is 20.1. The van der Waals surface area contributed by atoms with Crippen LogP contribution in [0.3, 0.4) is 0 Å².